The largest absolute Gasteiger partial charge is 0.349 e. The van der Waals surface area contributed by atoms with Crippen LogP contribution >= 0.6 is 0 Å². The average Bonchev–Trinajstić information content (AvgIpc) is 2.78. The van der Waals surface area contributed by atoms with Gasteiger partial charge < -0.3 is 10.2 Å². The lowest BCUT2D eigenvalue weighted by molar-refractivity contribution is -0.120. The maximum atomic E-state index is 12.4. The number of amides is 1. The molecule has 0 saturated carbocycles. The number of carbonyl (C=O) groups is 1. The first-order chi connectivity index (χ1) is 11.2. The van der Waals surface area contributed by atoms with Crippen molar-refractivity contribution >= 4 is 11.7 Å². The topological polar surface area (TPSA) is 58.1 Å². The van der Waals surface area contributed by atoms with Gasteiger partial charge in [0.15, 0.2) is 0 Å². The van der Waals surface area contributed by atoms with Gasteiger partial charge in [-0.05, 0) is 30.4 Å². The number of hydrogen-bond acceptors (Lipinski definition) is 4. The molecule has 1 unspecified atom stereocenters. The van der Waals surface area contributed by atoms with E-state index in [0.29, 0.717) is 5.82 Å². The van der Waals surface area contributed by atoms with E-state index in [4.69, 9.17) is 0 Å². The molecule has 3 rings (SSSR count). The zero-order valence-electron chi connectivity index (χ0n) is 13.4. The summed E-state index contributed by atoms with van der Waals surface area (Å²) in [5.74, 6) is 0.712. The molecule has 1 aliphatic rings. The molecule has 23 heavy (non-hydrogen) atoms. The van der Waals surface area contributed by atoms with Crippen LogP contribution in [0, 0.1) is 0 Å². The van der Waals surface area contributed by atoms with Crippen LogP contribution in [0.15, 0.2) is 42.9 Å². The van der Waals surface area contributed by atoms with Gasteiger partial charge in [0.2, 0.25) is 5.91 Å². The Hall–Kier alpha value is -2.43. The van der Waals surface area contributed by atoms with Crippen LogP contribution in [-0.4, -0.2) is 29.5 Å². The fourth-order valence-corrected chi connectivity index (χ4v) is 3.10. The highest BCUT2D eigenvalue weighted by atomic mass is 16.2. The SMILES string of the molecule is CN(CC(=O)NC1CCCCc2ccccc21)c1cnccn1. The van der Waals surface area contributed by atoms with Crippen molar-refractivity contribution in [2.75, 3.05) is 18.5 Å². The van der Waals surface area contributed by atoms with Crippen molar-refractivity contribution < 1.29 is 4.79 Å². The first-order valence-corrected chi connectivity index (χ1v) is 8.08. The first-order valence-electron chi connectivity index (χ1n) is 8.08. The van der Waals surface area contributed by atoms with Crippen molar-refractivity contribution in [3.8, 4) is 0 Å². The van der Waals surface area contributed by atoms with E-state index in [-0.39, 0.29) is 18.5 Å². The van der Waals surface area contributed by atoms with Crippen molar-refractivity contribution in [3.63, 3.8) is 0 Å². The van der Waals surface area contributed by atoms with Gasteiger partial charge in [0.1, 0.15) is 5.82 Å². The number of carbonyl (C=O) groups excluding carboxylic acids is 1. The van der Waals surface area contributed by atoms with Crippen molar-refractivity contribution in [2.24, 2.45) is 0 Å². The van der Waals surface area contributed by atoms with Gasteiger partial charge in [0, 0.05) is 19.4 Å². The van der Waals surface area contributed by atoms with Gasteiger partial charge in [-0.25, -0.2) is 4.98 Å². The predicted molar refractivity (Wildman–Crippen MR) is 90.2 cm³/mol. The number of anilines is 1. The summed E-state index contributed by atoms with van der Waals surface area (Å²) >= 11 is 0. The number of hydrogen-bond donors (Lipinski definition) is 1. The van der Waals surface area contributed by atoms with Gasteiger partial charge in [-0.2, -0.15) is 0 Å². The van der Waals surface area contributed by atoms with Crippen molar-refractivity contribution in [1.29, 1.82) is 0 Å². The molecule has 5 heteroatoms. The van der Waals surface area contributed by atoms with Crippen LogP contribution in [0.1, 0.15) is 36.4 Å². The minimum absolute atomic E-state index is 0.0138. The van der Waals surface area contributed by atoms with E-state index in [2.05, 4.69) is 39.6 Å². The molecular formula is C18H22N4O. The Kier molecular flexibility index (Phi) is 4.86. The second kappa shape index (κ2) is 7.22. The molecule has 1 heterocycles. The first kappa shape index (κ1) is 15.5. The molecule has 1 aliphatic carbocycles. The number of likely N-dealkylation sites (N-methyl/N-ethyl adjacent to an activating group) is 1. The quantitative estimate of drug-likeness (QED) is 0.882. The van der Waals surface area contributed by atoms with E-state index < -0.39 is 0 Å². The zero-order valence-corrected chi connectivity index (χ0v) is 13.4. The summed E-state index contributed by atoms with van der Waals surface area (Å²) in [6.07, 6.45) is 9.33. The molecule has 0 aliphatic heterocycles. The summed E-state index contributed by atoms with van der Waals surface area (Å²) in [6.45, 7) is 0.275. The smallest absolute Gasteiger partial charge is 0.240 e. The van der Waals surface area contributed by atoms with E-state index in [9.17, 15) is 4.79 Å². The highest BCUT2D eigenvalue weighted by Crippen LogP contribution is 2.28. The normalized spacial score (nSPS) is 17.0. The number of aromatic nitrogens is 2. The minimum Gasteiger partial charge on any atom is -0.349 e. The zero-order chi connectivity index (χ0) is 16.1. The van der Waals surface area contributed by atoms with E-state index >= 15 is 0 Å². The van der Waals surface area contributed by atoms with Gasteiger partial charge >= 0.3 is 0 Å². The Morgan fingerprint density at radius 2 is 2.17 bits per heavy atom. The maximum absolute atomic E-state index is 12.4. The minimum atomic E-state index is 0.0138. The molecule has 0 fully saturated rings. The van der Waals surface area contributed by atoms with Crippen molar-refractivity contribution in [3.05, 3.63) is 54.0 Å². The summed E-state index contributed by atoms with van der Waals surface area (Å²) < 4.78 is 0. The molecule has 1 amide bonds. The molecular weight excluding hydrogens is 288 g/mol. The maximum Gasteiger partial charge on any atom is 0.240 e. The number of rotatable bonds is 4. The van der Waals surface area contributed by atoms with E-state index in [0.717, 1.165) is 19.3 Å². The molecule has 1 aromatic carbocycles. The van der Waals surface area contributed by atoms with Gasteiger partial charge in [0.05, 0.1) is 18.8 Å². The molecule has 120 valence electrons. The van der Waals surface area contributed by atoms with Crippen LogP contribution in [0.3, 0.4) is 0 Å². The summed E-state index contributed by atoms with van der Waals surface area (Å²) in [5, 5.41) is 3.19. The summed E-state index contributed by atoms with van der Waals surface area (Å²) in [6, 6.07) is 8.54. The van der Waals surface area contributed by atoms with Crippen LogP contribution in [0.5, 0.6) is 0 Å². The second-order valence-corrected chi connectivity index (χ2v) is 5.98. The predicted octanol–water partition coefficient (Wildman–Crippen LogP) is 2.50. The Morgan fingerprint density at radius 3 is 3.00 bits per heavy atom. The Bertz CT molecular complexity index is 659. The van der Waals surface area contributed by atoms with Crippen LogP contribution < -0.4 is 10.2 Å². The average molecular weight is 310 g/mol. The van der Waals surface area contributed by atoms with E-state index in [1.807, 2.05) is 11.9 Å². The van der Waals surface area contributed by atoms with E-state index in [1.54, 1.807) is 18.6 Å². The molecule has 1 N–H and O–H groups in total. The monoisotopic (exact) mass is 310 g/mol. The Morgan fingerprint density at radius 1 is 1.30 bits per heavy atom. The third-order valence-corrected chi connectivity index (χ3v) is 4.28. The highest BCUT2D eigenvalue weighted by Gasteiger charge is 2.20. The second-order valence-electron chi connectivity index (χ2n) is 5.98. The van der Waals surface area contributed by atoms with E-state index in [1.165, 1.54) is 17.5 Å². The number of fused-ring (bicyclic) bond motifs is 1. The van der Waals surface area contributed by atoms with Crippen molar-refractivity contribution in [1.82, 2.24) is 15.3 Å². The number of benzene rings is 1. The molecule has 1 aromatic heterocycles. The van der Waals surface area contributed by atoms with Gasteiger partial charge in [0.25, 0.3) is 0 Å². The molecule has 2 aromatic rings. The summed E-state index contributed by atoms with van der Waals surface area (Å²) in [7, 11) is 1.85. The molecule has 0 radical (unpaired) electrons. The summed E-state index contributed by atoms with van der Waals surface area (Å²) in [5.41, 5.74) is 2.62. The van der Waals surface area contributed by atoms with Crippen LogP contribution in [0.2, 0.25) is 0 Å². The Labute approximate surface area is 136 Å². The van der Waals surface area contributed by atoms with Gasteiger partial charge in [-0.3, -0.25) is 9.78 Å². The Balaban J connectivity index is 1.66. The standard InChI is InChI=1S/C18H22N4O/c1-22(17-12-19-10-11-20-17)13-18(23)21-16-9-5-3-7-14-6-2-4-8-15(14)16/h2,4,6,8,10-12,16H,3,5,7,9,13H2,1H3,(H,21,23). The fraction of sp³-hybridized carbons (Fsp3) is 0.389. The summed E-state index contributed by atoms with van der Waals surface area (Å²) in [4.78, 5) is 22.5. The molecule has 0 spiro atoms. The third-order valence-electron chi connectivity index (χ3n) is 4.28. The number of nitrogens with one attached hydrogen (secondary N) is 1. The molecule has 5 nitrogen and oxygen atoms in total. The molecule has 0 bridgehead atoms. The lowest BCUT2D eigenvalue weighted by Gasteiger charge is -2.22. The number of nitrogens with zero attached hydrogens (tertiary/aromatic N) is 3. The van der Waals surface area contributed by atoms with Gasteiger partial charge in [-0.15, -0.1) is 0 Å². The highest BCUT2D eigenvalue weighted by molar-refractivity contribution is 5.81. The third kappa shape index (κ3) is 3.86. The fourth-order valence-electron chi connectivity index (χ4n) is 3.10. The van der Waals surface area contributed by atoms with Crippen LogP contribution in [0.4, 0.5) is 5.82 Å². The lowest BCUT2D eigenvalue weighted by Crippen LogP contribution is -2.37. The van der Waals surface area contributed by atoms with Crippen LogP contribution in [-0.2, 0) is 11.2 Å². The molecule has 0 saturated heterocycles. The number of aryl methyl sites for hydroxylation is 1. The molecule has 1 atom stereocenters. The van der Waals surface area contributed by atoms with Gasteiger partial charge in [-0.1, -0.05) is 30.7 Å². The van der Waals surface area contributed by atoms with Crippen LogP contribution in [0.25, 0.3) is 0 Å². The van der Waals surface area contributed by atoms with Crippen molar-refractivity contribution in [2.45, 2.75) is 31.7 Å². The lowest BCUT2D eigenvalue weighted by atomic mass is 9.99.